The number of nitro groups is 1. The van der Waals surface area contributed by atoms with Gasteiger partial charge < -0.3 is 14.8 Å². The lowest BCUT2D eigenvalue weighted by Gasteiger charge is -2.32. The predicted octanol–water partition coefficient (Wildman–Crippen LogP) is 3.63. The standard InChI is InChI=1S/C20H21ClFN3O5/c1-29-19-10-18(25(27)28)16(21)9-17(19)23-20(26)8-15-12-24(6-7-30-15)11-13-2-4-14(22)5-3-13/h2-5,9-10,15H,6-8,11-12H2,1H3,(H,23,26). The molecular formula is C20H21ClFN3O5. The van der Waals surface area contributed by atoms with E-state index in [2.05, 4.69) is 10.2 Å². The summed E-state index contributed by atoms with van der Waals surface area (Å²) in [7, 11) is 1.35. The lowest BCUT2D eigenvalue weighted by Crippen LogP contribution is -2.43. The number of anilines is 1. The highest BCUT2D eigenvalue weighted by Gasteiger charge is 2.24. The lowest BCUT2D eigenvalue weighted by atomic mass is 10.1. The van der Waals surface area contributed by atoms with E-state index >= 15 is 0 Å². The Labute approximate surface area is 177 Å². The van der Waals surface area contributed by atoms with E-state index in [1.807, 2.05) is 0 Å². The van der Waals surface area contributed by atoms with E-state index < -0.39 is 4.92 Å². The van der Waals surface area contributed by atoms with Crippen LogP contribution in [0.3, 0.4) is 0 Å². The molecule has 2 aromatic rings. The van der Waals surface area contributed by atoms with Crippen molar-refractivity contribution in [2.75, 3.05) is 32.1 Å². The summed E-state index contributed by atoms with van der Waals surface area (Å²) in [5.74, 6) is -0.467. The monoisotopic (exact) mass is 437 g/mol. The highest BCUT2D eigenvalue weighted by Crippen LogP contribution is 2.35. The number of benzene rings is 2. The number of amides is 1. The van der Waals surface area contributed by atoms with E-state index in [4.69, 9.17) is 21.1 Å². The Morgan fingerprint density at radius 2 is 2.13 bits per heavy atom. The number of nitro benzene ring substituents is 1. The van der Waals surface area contributed by atoms with Gasteiger partial charge >= 0.3 is 0 Å². The molecule has 1 aliphatic heterocycles. The molecule has 0 bridgehead atoms. The van der Waals surface area contributed by atoms with Crippen molar-refractivity contribution in [1.82, 2.24) is 4.90 Å². The number of morpholine rings is 1. The van der Waals surface area contributed by atoms with Crippen molar-refractivity contribution in [3.05, 3.63) is 62.9 Å². The largest absolute Gasteiger partial charge is 0.494 e. The summed E-state index contributed by atoms with van der Waals surface area (Å²) < 4.78 is 23.9. The van der Waals surface area contributed by atoms with Gasteiger partial charge in [-0.3, -0.25) is 19.8 Å². The Bertz CT molecular complexity index is 925. The topological polar surface area (TPSA) is 93.9 Å². The van der Waals surface area contributed by atoms with Gasteiger partial charge in [0, 0.05) is 19.6 Å². The highest BCUT2D eigenvalue weighted by atomic mass is 35.5. The quantitative estimate of drug-likeness (QED) is 0.525. The minimum atomic E-state index is -0.623. The van der Waals surface area contributed by atoms with E-state index in [0.717, 1.165) is 5.56 Å². The second-order valence-corrected chi connectivity index (χ2v) is 7.27. The first-order valence-corrected chi connectivity index (χ1v) is 9.63. The van der Waals surface area contributed by atoms with Crippen molar-refractivity contribution in [2.45, 2.75) is 19.1 Å². The number of carbonyl (C=O) groups is 1. The van der Waals surface area contributed by atoms with Gasteiger partial charge in [-0.1, -0.05) is 23.7 Å². The summed E-state index contributed by atoms with van der Waals surface area (Å²) >= 11 is 5.93. The van der Waals surface area contributed by atoms with Crippen molar-refractivity contribution < 1.29 is 23.6 Å². The molecule has 30 heavy (non-hydrogen) atoms. The fourth-order valence-corrected chi connectivity index (χ4v) is 3.49. The van der Waals surface area contributed by atoms with Gasteiger partial charge in [0.05, 0.1) is 42.9 Å². The first-order chi connectivity index (χ1) is 14.4. The first-order valence-electron chi connectivity index (χ1n) is 9.26. The average Bonchev–Trinajstić information content (AvgIpc) is 2.70. The van der Waals surface area contributed by atoms with Crippen molar-refractivity contribution in [3.63, 3.8) is 0 Å². The number of halogens is 2. The van der Waals surface area contributed by atoms with Gasteiger partial charge in [0.25, 0.3) is 5.69 Å². The molecule has 1 unspecified atom stereocenters. The zero-order chi connectivity index (χ0) is 21.7. The summed E-state index contributed by atoms with van der Waals surface area (Å²) in [5, 5.41) is 13.6. The Morgan fingerprint density at radius 1 is 1.40 bits per heavy atom. The molecule has 0 radical (unpaired) electrons. The molecule has 3 rings (SSSR count). The van der Waals surface area contributed by atoms with Crippen molar-refractivity contribution in [1.29, 1.82) is 0 Å². The smallest absolute Gasteiger partial charge is 0.291 e. The molecule has 160 valence electrons. The molecular weight excluding hydrogens is 417 g/mol. The van der Waals surface area contributed by atoms with E-state index in [0.29, 0.717) is 26.2 Å². The maximum absolute atomic E-state index is 13.1. The van der Waals surface area contributed by atoms with Crippen molar-refractivity contribution in [2.24, 2.45) is 0 Å². The zero-order valence-corrected chi connectivity index (χ0v) is 17.0. The van der Waals surface area contributed by atoms with Gasteiger partial charge in [0.2, 0.25) is 5.91 Å². The van der Waals surface area contributed by atoms with E-state index in [9.17, 15) is 19.3 Å². The van der Waals surface area contributed by atoms with Crippen molar-refractivity contribution in [3.8, 4) is 5.75 Å². The summed E-state index contributed by atoms with van der Waals surface area (Å²) in [4.78, 5) is 25.0. The maximum atomic E-state index is 13.1. The zero-order valence-electron chi connectivity index (χ0n) is 16.3. The van der Waals surface area contributed by atoms with Gasteiger partial charge in [0.1, 0.15) is 16.6 Å². The molecule has 1 N–H and O–H groups in total. The van der Waals surface area contributed by atoms with Crippen LogP contribution in [-0.2, 0) is 16.1 Å². The highest BCUT2D eigenvalue weighted by molar-refractivity contribution is 6.33. The molecule has 1 heterocycles. The summed E-state index contributed by atoms with van der Waals surface area (Å²) in [5.41, 5.74) is 0.919. The first kappa shape index (κ1) is 21.9. The maximum Gasteiger partial charge on any atom is 0.291 e. The predicted molar refractivity (Wildman–Crippen MR) is 109 cm³/mol. The summed E-state index contributed by atoms with van der Waals surface area (Å²) in [6, 6.07) is 8.76. The lowest BCUT2D eigenvalue weighted by molar-refractivity contribution is -0.384. The van der Waals surface area contributed by atoms with Gasteiger partial charge in [-0.25, -0.2) is 4.39 Å². The molecule has 10 heteroatoms. The Hall–Kier alpha value is -2.75. The molecule has 1 fully saturated rings. The van der Waals surface area contributed by atoms with Gasteiger partial charge in [-0.2, -0.15) is 0 Å². The Balaban J connectivity index is 1.59. The van der Waals surface area contributed by atoms with Gasteiger partial charge in [0.15, 0.2) is 0 Å². The van der Waals surface area contributed by atoms with Crippen LogP contribution in [0, 0.1) is 15.9 Å². The Kier molecular flexibility index (Phi) is 7.20. The minimum absolute atomic E-state index is 0.0949. The van der Waals surface area contributed by atoms with Crippen LogP contribution in [0.4, 0.5) is 15.8 Å². The van der Waals surface area contributed by atoms with Crippen LogP contribution < -0.4 is 10.1 Å². The number of carbonyl (C=O) groups excluding carboxylic acids is 1. The Morgan fingerprint density at radius 3 is 2.80 bits per heavy atom. The molecule has 8 nitrogen and oxygen atoms in total. The molecule has 2 aromatic carbocycles. The molecule has 1 aliphatic rings. The summed E-state index contributed by atoms with van der Waals surface area (Å²) in [6.45, 7) is 2.36. The molecule has 0 aromatic heterocycles. The van der Waals surface area contributed by atoms with Crippen LogP contribution in [0.5, 0.6) is 5.75 Å². The SMILES string of the molecule is COc1cc([N+](=O)[O-])c(Cl)cc1NC(=O)CC1CN(Cc2ccc(F)cc2)CCO1. The molecule has 1 atom stereocenters. The van der Waals surface area contributed by atoms with Crippen LogP contribution in [-0.4, -0.2) is 48.6 Å². The molecule has 1 amide bonds. The number of hydrogen-bond donors (Lipinski definition) is 1. The number of ether oxygens (including phenoxy) is 2. The number of nitrogens with one attached hydrogen (secondary N) is 1. The third-order valence-corrected chi connectivity index (χ3v) is 5.00. The average molecular weight is 438 g/mol. The number of nitrogens with zero attached hydrogens (tertiary/aromatic N) is 2. The molecule has 0 aliphatic carbocycles. The van der Waals surface area contributed by atoms with Crippen LogP contribution in [0.2, 0.25) is 5.02 Å². The van der Waals surface area contributed by atoms with E-state index in [-0.39, 0.29) is 46.4 Å². The fraction of sp³-hybridized carbons (Fsp3) is 0.350. The van der Waals surface area contributed by atoms with Gasteiger partial charge in [-0.15, -0.1) is 0 Å². The summed E-state index contributed by atoms with van der Waals surface area (Å²) in [6.07, 6.45) is -0.226. The van der Waals surface area contributed by atoms with Crippen LogP contribution in [0.1, 0.15) is 12.0 Å². The molecule has 1 saturated heterocycles. The molecule has 0 spiro atoms. The van der Waals surface area contributed by atoms with Crippen LogP contribution in [0.25, 0.3) is 0 Å². The van der Waals surface area contributed by atoms with E-state index in [1.54, 1.807) is 12.1 Å². The number of hydrogen-bond acceptors (Lipinski definition) is 6. The number of methoxy groups -OCH3 is 1. The second-order valence-electron chi connectivity index (χ2n) is 6.87. The fourth-order valence-electron chi connectivity index (χ4n) is 3.25. The third-order valence-electron chi connectivity index (χ3n) is 4.70. The van der Waals surface area contributed by atoms with Crippen LogP contribution >= 0.6 is 11.6 Å². The van der Waals surface area contributed by atoms with E-state index in [1.165, 1.54) is 31.4 Å². The van der Waals surface area contributed by atoms with Crippen molar-refractivity contribution >= 4 is 28.9 Å². The minimum Gasteiger partial charge on any atom is -0.494 e. The number of rotatable bonds is 7. The normalized spacial score (nSPS) is 16.8. The van der Waals surface area contributed by atoms with Crippen LogP contribution in [0.15, 0.2) is 36.4 Å². The molecule has 0 saturated carbocycles. The second kappa shape index (κ2) is 9.84. The van der Waals surface area contributed by atoms with Gasteiger partial charge in [-0.05, 0) is 23.8 Å². The third kappa shape index (κ3) is 5.65.